The number of rotatable bonds is 3. The van der Waals surface area contributed by atoms with Gasteiger partial charge in [0.25, 0.3) is 0 Å². The highest BCUT2D eigenvalue weighted by Crippen LogP contribution is 2.22. The molecule has 0 radical (unpaired) electrons. The highest BCUT2D eigenvalue weighted by atomic mass is 16.3. The van der Waals surface area contributed by atoms with Crippen LogP contribution in [0.5, 0.6) is 5.75 Å². The Bertz CT molecular complexity index is 453. The number of nitrogens with two attached hydrogens (primary N) is 1. The summed E-state index contributed by atoms with van der Waals surface area (Å²) in [4.78, 5) is 0. The zero-order valence-corrected chi connectivity index (χ0v) is 9.01. The fraction of sp³-hybridized carbons (Fsp3) is 0.143. The van der Waals surface area contributed by atoms with E-state index in [2.05, 4.69) is 0 Å². The number of benzene rings is 2. The van der Waals surface area contributed by atoms with E-state index in [1.54, 1.807) is 6.07 Å². The van der Waals surface area contributed by atoms with Crippen molar-refractivity contribution in [3.63, 3.8) is 0 Å². The van der Waals surface area contributed by atoms with Crippen molar-refractivity contribution in [3.8, 4) is 5.75 Å². The van der Waals surface area contributed by atoms with E-state index in [4.69, 9.17) is 5.73 Å². The van der Waals surface area contributed by atoms with Gasteiger partial charge in [-0.25, -0.2) is 0 Å². The van der Waals surface area contributed by atoms with Crippen LogP contribution in [-0.2, 0) is 6.42 Å². The van der Waals surface area contributed by atoms with Crippen LogP contribution < -0.4 is 5.73 Å². The van der Waals surface area contributed by atoms with Gasteiger partial charge in [0.05, 0.1) is 0 Å². The van der Waals surface area contributed by atoms with Gasteiger partial charge in [-0.3, -0.25) is 0 Å². The molecule has 0 bridgehead atoms. The van der Waals surface area contributed by atoms with Crippen molar-refractivity contribution >= 4 is 0 Å². The lowest BCUT2D eigenvalue weighted by Crippen LogP contribution is -2.13. The minimum Gasteiger partial charge on any atom is -0.508 e. The minimum absolute atomic E-state index is 0.0745. The first-order valence-electron chi connectivity index (χ1n) is 5.35. The molecule has 3 N–H and O–H groups in total. The lowest BCUT2D eigenvalue weighted by atomic mass is 9.99. The summed E-state index contributed by atoms with van der Waals surface area (Å²) in [7, 11) is 0. The summed E-state index contributed by atoms with van der Waals surface area (Å²) < 4.78 is 0. The first-order valence-corrected chi connectivity index (χ1v) is 5.35. The molecule has 16 heavy (non-hydrogen) atoms. The Hall–Kier alpha value is -1.80. The third-order valence-electron chi connectivity index (χ3n) is 2.66. The maximum Gasteiger partial charge on any atom is 0.118 e. The van der Waals surface area contributed by atoms with E-state index in [1.807, 2.05) is 48.5 Å². The Kier molecular flexibility index (Phi) is 3.22. The number of para-hydroxylation sites is 1. The van der Waals surface area contributed by atoms with E-state index in [1.165, 1.54) is 0 Å². The van der Waals surface area contributed by atoms with Crippen molar-refractivity contribution < 1.29 is 5.11 Å². The van der Waals surface area contributed by atoms with Gasteiger partial charge in [-0.05, 0) is 23.6 Å². The standard InChI is InChI=1S/C14H15NO/c15-13(11-6-2-1-3-7-11)10-12-8-4-5-9-14(12)16/h1-9,13,16H,10,15H2. The van der Waals surface area contributed by atoms with Gasteiger partial charge in [0, 0.05) is 6.04 Å². The summed E-state index contributed by atoms with van der Waals surface area (Å²) in [6.45, 7) is 0. The van der Waals surface area contributed by atoms with E-state index in [-0.39, 0.29) is 6.04 Å². The summed E-state index contributed by atoms with van der Waals surface area (Å²) in [5.41, 5.74) is 8.06. The predicted octanol–water partition coefficient (Wildman–Crippen LogP) is 2.63. The van der Waals surface area contributed by atoms with E-state index in [0.29, 0.717) is 12.2 Å². The fourth-order valence-electron chi connectivity index (χ4n) is 1.74. The predicted molar refractivity (Wildman–Crippen MR) is 65.2 cm³/mol. The van der Waals surface area contributed by atoms with Gasteiger partial charge >= 0.3 is 0 Å². The molecule has 0 aromatic heterocycles. The lowest BCUT2D eigenvalue weighted by molar-refractivity contribution is 0.465. The Morgan fingerprint density at radius 3 is 2.25 bits per heavy atom. The van der Waals surface area contributed by atoms with Crippen LogP contribution in [0.1, 0.15) is 17.2 Å². The second-order valence-corrected chi connectivity index (χ2v) is 3.85. The molecule has 2 nitrogen and oxygen atoms in total. The summed E-state index contributed by atoms with van der Waals surface area (Å²) in [5, 5.41) is 9.65. The summed E-state index contributed by atoms with van der Waals surface area (Å²) in [6.07, 6.45) is 0.649. The molecule has 2 rings (SSSR count). The largest absolute Gasteiger partial charge is 0.508 e. The second kappa shape index (κ2) is 4.81. The quantitative estimate of drug-likeness (QED) is 0.823. The monoisotopic (exact) mass is 213 g/mol. The van der Waals surface area contributed by atoms with Crippen molar-refractivity contribution in [2.75, 3.05) is 0 Å². The maximum atomic E-state index is 9.65. The van der Waals surface area contributed by atoms with Gasteiger partial charge < -0.3 is 10.8 Å². The molecule has 82 valence electrons. The van der Waals surface area contributed by atoms with Crippen molar-refractivity contribution in [2.45, 2.75) is 12.5 Å². The minimum atomic E-state index is -0.0745. The van der Waals surface area contributed by atoms with Gasteiger partial charge in [0.15, 0.2) is 0 Å². The van der Waals surface area contributed by atoms with Crippen LogP contribution in [0.25, 0.3) is 0 Å². The molecule has 1 unspecified atom stereocenters. The molecule has 1 atom stereocenters. The summed E-state index contributed by atoms with van der Waals surface area (Å²) in [5.74, 6) is 0.314. The molecule has 2 aromatic carbocycles. The number of phenols is 1. The van der Waals surface area contributed by atoms with Crippen molar-refractivity contribution in [3.05, 3.63) is 65.7 Å². The SMILES string of the molecule is NC(Cc1ccccc1O)c1ccccc1. The Morgan fingerprint density at radius 1 is 0.938 bits per heavy atom. The normalized spacial score (nSPS) is 12.3. The third-order valence-corrected chi connectivity index (χ3v) is 2.66. The van der Waals surface area contributed by atoms with Crippen molar-refractivity contribution in [2.24, 2.45) is 5.73 Å². The molecule has 0 aliphatic rings. The second-order valence-electron chi connectivity index (χ2n) is 3.85. The van der Waals surface area contributed by atoms with Gasteiger partial charge in [0.2, 0.25) is 0 Å². The van der Waals surface area contributed by atoms with Crippen LogP contribution >= 0.6 is 0 Å². The van der Waals surface area contributed by atoms with Crippen LogP contribution in [0.4, 0.5) is 0 Å². The molecular weight excluding hydrogens is 198 g/mol. The Morgan fingerprint density at radius 2 is 1.56 bits per heavy atom. The molecule has 0 fully saturated rings. The number of hydrogen-bond acceptors (Lipinski definition) is 2. The summed E-state index contributed by atoms with van der Waals surface area (Å²) >= 11 is 0. The van der Waals surface area contributed by atoms with E-state index >= 15 is 0 Å². The first-order chi connectivity index (χ1) is 7.77. The van der Waals surface area contributed by atoms with Crippen LogP contribution in [-0.4, -0.2) is 5.11 Å². The fourth-order valence-corrected chi connectivity index (χ4v) is 1.74. The average molecular weight is 213 g/mol. The molecule has 0 amide bonds. The molecule has 0 saturated heterocycles. The van der Waals surface area contributed by atoms with E-state index in [9.17, 15) is 5.11 Å². The Balaban J connectivity index is 2.14. The van der Waals surface area contributed by atoms with Crippen LogP contribution in [0.15, 0.2) is 54.6 Å². The molecule has 2 heteroatoms. The van der Waals surface area contributed by atoms with Gasteiger partial charge in [-0.15, -0.1) is 0 Å². The summed E-state index contributed by atoms with van der Waals surface area (Å²) in [6, 6.07) is 17.2. The van der Waals surface area contributed by atoms with Crippen LogP contribution in [0.2, 0.25) is 0 Å². The van der Waals surface area contributed by atoms with Gasteiger partial charge in [0.1, 0.15) is 5.75 Å². The third kappa shape index (κ3) is 2.41. The number of phenolic OH excluding ortho intramolecular Hbond substituents is 1. The highest BCUT2D eigenvalue weighted by molar-refractivity contribution is 5.33. The highest BCUT2D eigenvalue weighted by Gasteiger charge is 2.08. The van der Waals surface area contributed by atoms with Gasteiger partial charge in [-0.2, -0.15) is 0 Å². The molecule has 0 spiro atoms. The lowest BCUT2D eigenvalue weighted by Gasteiger charge is -2.12. The first kappa shape index (κ1) is 10.7. The zero-order valence-electron chi connectivity index (χ0n) is 9.01. The zero-order chi connectivity index (χ0) is 11.4. The van der Waals surface area contributed by atoms with Crippen LogP contribution in [0.3, 0.4) is 0 Å². The number of hydrogen-bond donors (Lipinski definition) is 2. The van der Waals surface area contributed by atoms with Crippen molar-refractivity contribution in [1.29, 1.82) is 0 Å². The molecule has 0 aliphatic carbocycles. The topological polar surface area (TPSA) is 46.2 Å². The molecule has 0 aliphatic heterocycles. The molecule has 2 aromatic rings. The molecule has 0 saturated carbocycles. The average Bonchev–Trinajstić information content (AvgIpc) is 2.33. The smallest absolute Gasteiger partial charge is 0.118 e. The maximum absolute atomic E-state index is 9.65. The Labute approximate surface area is 95.4 Å². The number of aromatic hydroxyl groups is 1. The van der Waals surface area contributed by atoms with Gasteiger partial charge in [-0.1, -0.05) is 48.5 Å². The molecular formula is C14H15NO. The molecule has 0 heterocycles. The van der Waals surface area contributed by atoms with Crippen LogP contribution in [0, 0.1) is 0 Å². The van der Waals surface area contributed by atoms with E-state index < -0.39 is 0 Å². The van der Waals surface area contributed by atoms with Crippen molar-refractivity contribution in [1.82, 2.24) is 0 Å². The van der Waals surface area contributed by atoms with E-state index in [0.717, 1.165) is 11.1 Å².